The number of unbranched alkanes of at least 4 members (excludes halogenated alkanes) is 11. The second kappa shape index (κ2) is 17.4. The van der Waals surface area contributed by atoms with Crippen LogP contribution in [0.1, 0.15) is 132 Å². The predicted octanol–water partition coefficient (Wildman–Crippen LogP) is 9.12. The smallest absolute Gasteiger partial charge is 0.408 e. The molecule has 0 aromatic rings. The van der Waals surface area contributed by atoms with Gasteiger partial charge in [-0.05, 0) is 64.7 Å². The van der Waals surface area contributed by atoms with Gasteiger partial charge in [0.05, 0.1) is 6.10 Å². The number of nitrogens with one attached hydrogen (secondary N) is 1. The van der Waals surface area contributed by atoms with Crippen molar-refractivity contribution in [1.29, 1.82) is 0 Å². The van der Waals surface area contributed by atoms with Gasteiger partial charge in [0, 0.05) is 0 Å². The van der Waals surface area contributed by atoms with E-state index in [0.29, 0.717) is 0 Å². The fourth-order valence-electron chi connectivity index (χ4n) is 3.79. The zero-order valence-electron chi connectivity index (χ0n) is 25.4. The number of hydrogen-bond acceptors (Lipinski definition) is 4. The summed E-state index contributed by atoms with van der Waals surface area (Å²) >= 11 is 0. The molecule has 0 bridgehead atoms. The van der Waals surface area contributed by atoms with Crippen molar-refractivity contribution in [1.82, 2.24) is 5.32 Å². The summed E-state index contributed by atoms with van der Waals surface area (Å²) in [5.74, 6) is -0.143. The van der Waals surface area contributed by atoms with E-state index < -0.39 is 32.2 Å². The molecule has 0 unspecified atom stereocenters. The van der Waals surface area contributed by atoms with Gasteiger partial charge >= 0.3 is 6.09 Å². The van der Waals surface area contributed by atoms with Crippen LogP contribution in [-0.4, -0.2) is 37.9 Å². The molecule has 0 heterocycles. The average Bonchev–Trinajstić information content (AvgIpc) is 2.72. The molecule has 0 saturated heterocycles. The molecule has 0 aliphatic carbocycles. The van der Waals surface area contributed by atoms with Gasteiger partial charge in [-0.25, -0.2) is 4.79 Å². The quantitative estimate of drug-likeness (QED) is 0.110. The maximum atomic E-state index is 13.1. The first kappa shape index (κ1) is 34.9. The van der Waals surface area contributed by atoms with Crippen molar-refractivity contribution in [3.8, 4) is 0 Å². The summed E-state index contributed by atoms with van der Waals surface area (Å²) in [6.45, 7) is 20.4. The maximum Gasteiger partial charge on any atom is 0.408 e. The Morgan fingerprint density at radius 1 is 0.833 bits per heavy atom. The van der Waals surface area contributed by atoms with Crippen LogP contribution in [0.3, 0.4) is 0 Å². The lowest BCUT2D eigenvalue weighted by Crippen LogP contribution is -2.54. The van der Waals surface area contributed by atoms with Gasteiger partial charge in [-0.2, -0.15) is 0 Å². The van der Waals surface area contributed by atoms with Crippen molar-refractivity contribution in [2.75, 3.05) is 0 Å². The first-order valence-electron chi connectivity index (χ1n) is 14.5. The highest BCUT2D eigenvalue weighted by molar-refractivity contribution is 6.74. The zero-order chi connectivity index (χ0) is 27.8. The minimum absolute atomic E-state index is 0.00562. The molecule has 1 amide bonds. The molecule has 212 valence electrons. The Hall–Kier alpha value is -1.14. The lowest BCUT2D eigenvalue weighted by Gasteiger charge is -2.40. The summed E-state index contributed by atoms with van der Waals surface area (Å²) in [5, 5.41) is 2.78. The average molecular weight is 526 g/mol. The minimum atomic E-state index is -2.11. The summed E-state index contributed by atoms with van der Waals surface area (Å²) < 4.78 is 11.9. The Labute approximate surface area is 224 Å². The van der Waals surface area contributed by atoms with Crippen LogP contribution in [-0.2, 0) is 14.0 Å². The normalized spacial score (nSPS) is 14.6. The molecule has 1 N–H and O–H groups in total. The number of amides is 1. The van der Waals surface area contributed by atoms with Crippen molar-refractivity contribution in [2.24, 2.45) is 0 Å². The van der Waals surface area contributed by atoms with Crippen LogP contribution in [0.25, 0.3) is 0 Å². The van der Waals surface area contributed by atoms with E-state index in [1.165, 1.54) is 64.2 Å². The molecule has 0 aliphatic rings. The van der Waals surface area contributed by atoms with Gasteiger partial charge in [-0.15, -0.1) is 0 Å². The summed E-state index contributed by atoms with van der Waals surface area (Å²) in [4.78, 5) is 25.6. The van der Waals surface area contributed by atoms with Crippen molar-refractivity contribution >= 4 is 20.2 Å². The van der Waals surface area contributed by atoms with Gasteiger partial charge in [0.2, 0.25) is 0 Å². The number of hydrogen-bond donors (Lipinski definition) is 1. The number of ketones is 1. The molecular weight excluding hydrogens is 466 g/mol. The molecule has 0 aromatic carbocycles. The zero-order valence-corrected chi connectivity index (χ0v) is 26.4. The van der Waals surface area contributed by atoms with E-state index in [4.69, 9.17) is 9.16 Å². The Morgan fingerprint density at radius 3 is 1.75 bits per heavy atom. The van der Waals surface area contributed by atoms with Crippen molar-refractivity contribution in [3.63, 3.8) is 0 Å². The molecule has 0 aromatic heterocycles. The highest BCUT2D eigenvalue weighted by Gasteiger charge is 2.41. The first-order valence-corrected chi connectivity index (χ1v) is 17.4. The van der Waals surface area contributed by atoms with E-state index >= 15 is 0 Å². The van der Waals surface area contributed by atoms with E-state index in [2.05, 4.69) is 46.1 Å². The van der Waals surface area contributed by atoms with Crippen LogP contribution >= 0.6 is 0 Å². The van der Waals surface area contributed by atoms with Gasteiger partial charge in [-0.1, -0.05) is 98.0 Å². The highest BCUT2D eigenvalue weighted by atomic mass is 28.4. The van der Waals surface area contributed by atoms with Crippen LogP contribution in [0.5, 0.6) is 0 Å². The van der Waals surface area contributed by atoms with Crippen LogP contribution < -0.4 is 5.32 Å². The highest BCUT2D eigenvalue weighted by Crippen LogP contribution is 2.37. The second-order valence-electron chi connectivity index (χ2n) is 12.8. The van der Waals surface area contributed by atoms with Gasteiger partial charge in [0.1, 0.15) is 11.6 Å². The number of alkyl carbamates (subject to hydrolysis) is 1. The standard InChI is InChI=1S/C30H59NO4Si/c1-11-12-13-14-15-16-17-18-19-20-21-22-23-24-26(32)27(31-28(33)34-29(3,4)5)25(2)35-36(9,10)30(6,7)8/h23-25,27H,11-22H2,1-10H3,(H,31,33)/b24-23+/t25-,27-/m0/s1. The van der Waals surface area contributed by atoms with E-state index in [0.717, 1.165) is 12.8 Å². The minimum Gasteiger partial charge on any atom is -0.444 e. The van der Waals surface area contributed by atoms with Crippen molar-refractivity contribution < 1.29 is 18.8 Å². The van der Waals surface area contributed by atoms with Crippen molar-refractivity contribution in [2.45, 2.75) is 168 Å². The van der Waals surface area contributed by atoms with Gasteiger partial charge in [-0.3, -0.25) is 4.79 Å². The van der Waals surface area contributed by atoms with Crippen LogP contribution in [0.15, 0.2) is 12.2 Å². The Morgan fingerprint density at radius 2 is 1.31 bits per heavy atom. The molecule has 5 nitrogen and oxygen atoms in total. The van der Waals surface area contributed by atoms with Gasteiger partial charge in [0.25, 0.3) is 0 Å². The Kier molecular flexibility index (Phi) is 16.8. The van der Waals surface area contributed by atoms with E-state index in [1.54, 1.807) is 6.08 Å². The number of carbonyl (C=O) groups excluding carboxylic acids is 2. The topological polar surface area (TPSA) is 64.6 Å². The predicted molar refractivity (Wildman–Crippen MR) is 156 cm³/mol. The SMILES string of the molecule is CCCCCCCCCCCCC/C=C/C(=O)[C@@H](NC(=O)OC(C)(C)C)[C@H](C)O[Si](C)(C)C(C)(C)C. The third-order valence-electron chi connectivity index (χ3n) is 6.99. The molecule has 0 fully saturated rings. The molecule has 36 heavy (non-hydrogen) atoms. The van der Waals surface area contributed by atoms with Gasteiger partial charge in [0.15, 0.2) is 14.1 Å². The largest absolute Gasteiger partial charge is 0.444 e. The number of allylic oxidation sites excluding steroid dienone is 1. The number of carbonyl (C=O) groups is 2. The Balaban J connectivity index is 4.69. The number of rotatable bonds is 18. The first-order chi connectivity index (χ1) is 16.6. The molecule has 0 rings (SSSR count). The molecule has 0 aliphatic heterocycles. The fraction of sp³-hybridized carbons (Fsp3) is 0.867. The molecule has 0 spiro atoms. The van der Waals surface area contributed by atoms with Crippen molar-refractivity contribution in [3.05, 3.63) is 12.2 Å². The summed E-state index contributed by atoms with van der Waals surface area (Å²) in [6, 6.07) is -0.775. The van der Waals surface area contributed by atoms with E-state index in [9.17, 15) is 9.59 Å². The third kappa shape index (κ3) is 16.6. The fourth-order valence-corrected chi connectivity index (χ4v) is 5.21. The lowest BCUT2D eigenvalue weighted by molar-refractivity contribution is -0.118. The molecule has 2 atom stereocenters. The van der Waals surface area contributed by atoms with E-state index in [1.807, 2.05) is 33.8 Å². The third-order valence-corrected chi connectivity index (χ3v) is 11.6. The summed E-state index contributed by atoms with van der Waals surface area (Å²) in [6.07, 6.45) is 17.8. The number of ether oxygens (including phenoxy) is 1. The summed E-state index contributed by atoms with van der Waals surface area (Å²) in [7, 11) is -2.11. The molecular formula is C30H59NO4Si. The molecule has 0 saturated carbocycles. The summed E-state index contributed by atoms with van der Waals surface area (Å²) in [5.41, 5.74) is -0.633. The lowest BCUT2D eigenvalue weighted by atomic mass is 10.0. The molecule has 0 radical (unpaired) electrons. The maximum absolute atomic E-state index is 13.1. The Bertz CT molecular complexity index is 646. The van der Waals surface area contributed by atoms with Crippen LogP contribution in [0.2, 0.25) is 18.1 Å². The monoisotopic (exact) mass is 525 g/mol. The van der Waals surface area contributed by atoms with E-state index in [-0.39, 0.29) is 10.8 Å². The van der Waals surface area contributed by atoms with Crippen LogP contribution in [0, 0.1) is 0 Å². The van der Waals surface area contributed by atoms with Crippen LogP contribution in [0.4, 0.5) is 4.79 Å². The molecule has 6 heteroatoms. The second-order valence-corrected chi connectivity index (χ2v) is 17.6. The van der Waals surface area contributed by atoms with Gasteiger partial charge < -0.3 is 14.5 Å².